The number of aromatic hydroxyl groups is 1. The lowest BCUT2D eigenvalue weighted by molar-refractivity contribution is 0.470. The van der Waals surface area contributed by atoms with Crippen molar-refractivity contribution in [3.63, 3.8) is 0 Å². The second-order valence-corrected chi connectivity index (χ2v) is 5.83. The van der Waals surface area contributed by atoms with Crippen molar-refractivity contribution in [3.8, 4) is 5.75 Å². The molecule has 1 rings (SSSR count). The third kappa shape index (κ3) is 3.73. The summed E-state index contributed by atoms with van der Waals surface area (Å²) < 4.78 is 0.252. The summed E-state index contributed by atoms with van der Waals surface area (Å²) in [5.74, 6) is 1.27. The van der Waals surface area contributed by atoms with Gasteiger partial charge in [0, 0.05) is 16.1 Å². The minimum absolute atomic E-state index is 0.252. The van der Waals surface area contributed by atoms with E-state index in [0.717, 1.165) is 11.3 Å². The molecule has 0 unspecified atom stereocenters. The lowest BCUT2D eigenvalue weighted by atomic mass is 10.2. The summed E-state index contributed by atoms with van der Waals surface area (Å²) in [6.07, 6.45) is 0. The Bertz CT molecular complexity index is 276. The van der Waals surface area contributed by atoms with Crippen molar-refractivity contribution in [2.75, 3.05) is 0 Å². The minimum Gasteiger partial charge on any atom is -0.508 e. The van der Waals surface area contributed by atoms with Gasteiger partial charge in [0.15, 0.2) is 0 Å². The molecule has 0 heterocycles. The first-order valence-corrected chi connectivity index (χ1v) is 5.38. The number of thioether (sulfide) groups is 1. The second kappa shape index (κ2) is 4.05. The quantitative estimate of drug-likeness (QED) is 0.782. The van der Waals surface area contributed by atoms with Gasteiger partial charge in [-0.05, 0) is 6.07 Å². The van der Waals surface area contributed by atoms with Crippen LogP contribution in [0, 0.1) is 0 Å². The molecule has 0 spiro atoms. The summed E-state index contributed by atoms with van der Waals surface area (Å²) in [6.45, 7) is 6.53. The average molecular weight is 196 g/mol. The Labute approximate surface area is 84.2 Å². The Hall–Kier alpha value is -0.630. The second-order valence-electron chi connectivity index (χ2n) is 4.03. The van der Waals surface area contributed by atoms with Crippen LogP contribution >= 0.6 is 11.8 Å². The highest BCUT2D eigenvalue weighted by Gasteiger charge is 2.11. The van der Waals surface area contributed by atoms with Gasteiger partial charge in [0.1, 0.15) is 5.75 Å². The van der Waals surface area contributed by atoms with Crippen LogP contribution in [-0.4, -0.2) is 9.85 Å². The first kappa shape index (κ1) is 10.5. The van der Waals surface area contributed by atoms with Gasteiger partial charge < -0.3 is 5.11 Å². The summed E-state index contributed by atoms with van der Waals surface area (Å²) in [7, 11) is 0. The maximum atomic E-state index is 9.49. The zero-order valence-corrected chi connectivity index (χ0v) is 9.19. The third-order valence-corrected chi connectivity index (χ3v) is 2.97. The van der Waals surface area contributed by atoms with Crippen molar-refractivity contribution in [1.82, 2.24) is 0 Å². The van der Waals surface area contributed by atoms with Gasteiger partial charge in [0.2, 0.25) is 0 Å². The fourth-order valence-corrected chi connectivity index (χ4v) is 1.76. The van der Waals surface area contributed by atoms with Crippen molar-refractivity contribution in [2.45, 2.75) is 31.3 Å². The predicted molar refractivity (Wildman–Crippen MR) is 59.2 cm³/mol. The van der Waals surface area contributed by atoms with Gasteiger partial charge >= 0.3 is 0 Å². The Morgan fingerprint density at radius 1 is 1.23 bits per heavy atom. The fourth-order valence-electron chi connectivity index (χ4n) is 0.927. The van der Waals surface area contributed by atoms with Crippen LogP contribution in [-0.2, 0) is 5.75 Å². The number of hydrogen-bond acceptors (Lipinski definition) is 2. The Morgan fingerprint density at radius 2 is 1.85 bits per heavy atom. The van der Waals surface area contributed by atoms with E-state index in [1.165, 1.54) is 0 Å². The smallest absolute Gasteiger partial charge is 0.119 e. The molecule has 0 fully saturated rings. The van der Waals surface area contributed by atoms with E-state index in [-0.39, 0.29) is 4.75 Å². The van der Waals surface area contributed by atoms with Crippen LogP contribution < -0.4 is 0 Å². The Morgan fingerprint density at radius 3 is 2.38 bits per heavy atom. The lowest BCUT2D eigenvalue weighted by Crippen LogP contribution is -2.07. The maximum Gasteiger partial charge on any atom is 0.119 e. The normalized spacial score (nSPS) is 11.6. The molecule has 0 aliphatic carbocycles. The highest BCUT2D eigenvalue weighted by molar-refractivity contribution is 7.99. The largest absolute Gasteiger partial charge is 0.508 e. The van der Waals surface area contributed by atoms with Crippen LogP contribution in [0.5, 0.6) is 5.75 Å². The third-order valence-electron chi connectivity index (χ3n) is 1.65. The van der Waals surface area contributed by atoms with Crippen molar-refractivity contribution >= 4 is 11.8 Å². The van der Waals surface area contributed by atoms with E-state index in [4.69, 9.17) is 0 Å². The van der Waals surface area contributed by atoms with Crippen molar-refractivity contribution < 1.29 is 5.11 Å². The molecule has 13 heavy (non-hydrogen) atoms. The van der Waals surface area contributed by atoms with E-state index in [1.54, 1.807) is 6.07 Å². The van der Waals surface area contributed by atoms with E-state index in [9.17, 15) is 5.11 Å². The first-order chi connectivity index (χ1) is 5.99. The lowest BCUT2D eigenvalue weighted by Gasteiger charge is -2.17. The Balaban J connectivity index is 2.60. The molecule has 0 bridgehead atoms. The molecule has 1 N–H and O–H groups in total. The number of para-hydroxylation sites is 1. The number of benzene rings is 1. The van der Waals surface area contributed by atoms with Gasteiger partial charge in [-0.25, -0.2) is 0 Å². The SMILES string of the molecule is CC(C)(C)SCc1ccccc1O. The van der Waals surface area contributed by atoms with Crippen LogP contribution in [0.3, 0.4) is 0 Å². The van der Waals surface area contributed by atoms with Crippen molar-refractivity contribution in [3.05, 3.63) is 29.8 Å². The van der Waals surface area contributed by atoms with E-state index in [2.05, 4.69) is 20.8 Å². The van der Waals surface area contributed by atoms with Gasteiger partial charge in [-0.2, -0.15) is 11.8 Å². The van der Waals surface area contributed by atoms with Crippen LogP contribution in [0.4, 0.5) is 0 Å². The van der Waals surface area contributed by atoms with Gasteiger partial charge in [0.05, 0.1) is 0 Å². The molecule has 0 aromatic heterocycles. The fraction of sp³-hybridized carbons (Fsp3) is 0.455. The molecular formula is C11H16OS. The highest BCUT2D eigenvalue weighted by atomic mass is 32.2. The topological polar surface area (TPSA) is 20.2 Å². The average Bonchev–Trinajstić information content (AvgIpc) is 2.01. The summed E-state index contributed by atoms with van der Waals surface area (Å²) >= 11 is 1.84. The molecule has 2 heteroatoms. The maximum absolute atomic E-state index is 9.49. The van der Waals surface area contributed by atoms with Gasteiger partial charge in [-0.1, -0.05) is 39.0 Å². The molecule has 0 radical (unpaired) electrons. The zero-order valence-electron chi connectivity index (χ0n) is 8.37. The molecule has 72 valence electrons. The molecule has 0 aliphatic heterocycles. The van der Waals surface area contributed by atoms with Gasteiger partial charge in [-0.3, -0.25) is 0 Å². The summed E-state index contributed by atoms with van der Waals surface area (Å²) in [5.41, 5.74) is 1.02. The van der Waals surface area contributed by atoms with Crippen molar-refractivity contribution in [2.24, 2.45) is 0 Å². The molecule has 0 atom stereocenters. The summed E-state index contributed by atoms with van der Waals surface area (Å²) in [5, 5.41) is 9.49. The molecule has 0 aliphatic rings. The predicted octanol–water partition coefficient (Wildman–Crippen LogP) is 3.42. The standard InChI is InChI=1S/C11H16OS/c1-11(2,3)13-8-9-6-4-5-7-10(9)12/h4-7,12H,8H2,1-3H3. The number of hydrogen-bond donors (Lipinski definition) is 1. The molecule has 1 aromatic rings. The van der Waals surface area contributed by atoms with Crippen LogP contribution in [0.2, 0.25) is 0 Å². The molecule has 1 aromatic carbocycles. The summed E-state index contributed by atoms with van der Waals surface area (Å²) in [6, 6.07) is 7.51. The van der Waals surface area contributed by atoms with E-state index < -0.39 is 0 Å². The van der Waals surface area contributed by atoms with Crippen LogP contribution in [0.25, 0.3) is 0 Å². The van der Waals surface area contributed by atoms with E-state index in [1.807, 2.05) is 30.0 Å². The number of rotatable bonds is 2. The molecule has 0 amide bonds. The summed E-state index contributed by atoms with van der Waals surface area (Å²) in [4.78, 5) is 0. The number of phenols is 1. The molecule has 0 saturated carbocycles. The highest BCUT2D eigenvalue weighted by Crippen LogP contribution is 2.30. The van der Waals surface area contributed by atoms with E-state index >= 15 is 0 Å². The van der Waals surface area contributed by atoms with Gasteiger partial charge in [0.25, 0.3) is 0 Å². The number of phenolic OH excluding ortho intramolecular Hbond substituents is 1. The van der Waals surface area contributed by atoms with Crippen molar-refractivity contribution in [1.29, 1.82) is 0 Å². The van der Waals surface area contributed by atoms with Crippen LogP contribution in [0.1, 0.15) is 26.3 Å². The zero-order chi connectivity index (χ0) is 9.90. The molecule has 0 saturated heterocycles. The molecular weight excluding hydrogens is 180 g/mol. The Kier molecular flexibility index (Phi) is 3.26. The molecule has 1 nitrogen and oxygen atoms in total. The first-order valence-electron chi connectivity index (χ1n) is 4.40. The monoisotopic (exact) mass is 196 g/mol. The van der Waals surface area contributed by atoms with E-state index in [0.29, 0.717) is 5.75 Å². The minimum atomic E-state index is 0.252. The van der Waals surface area contributed by atoms with Crippen LogP contribution in [0.15, 0.2) is 24.3 Å². The van der Waals surface area contributed by atoms with Gasteiger partial charge in [-0.15, -0.1) is 0 Å².